The minimum atomic E-state index is -0.133. The van der Waals surface area contributed by atoms with Crippen LogP contribution in [0.5, 0.6) is 5.88 Å². The van der Waals surface area contributed by atoms with Crippen LogP contribution < -0.4 is 10.1 Å². The first kappa shape index (κ1) is 17.3. The van der Waals surface area contributed by atoms with E-state index in [9.17, 15) is 4.79 Å². The van der Waals surface area contributed by atoms with E-state index in [4.69, 9.17) is 9.72 Å². The third-order valence-electron chi connectivity index (χ3n) is 4.77. The molecular formula is C19H22N6O2. The summed E-state index contributed by atoms with van der Waals surface area (Å²) in [6.07, 6.45) is 4.57. The summed E-state index contributed by atoms with van der Waals surface area (Å²) in [6.45, 7) is 0.950. The smallest absolute Gasteiger partial charge is 0.318 e. The molecule has 1 atom stereocenters. The van der Waals surface area contributed by atoms with Crippen molar-refractivity contribution in [3.05, 3.63) is 48.2 Å². The molecule has 4 rings (SSSR count). The third kappa shape index (κ3) is 3.69. The predicted molar refractivity (Wildman–Crippen MR) is 100 cm³/mol. The second kappa shape index (κ2) is 7.61. The summed E-state index contributed by atoms with van der Waals surface area (Å²) in [5.74, 6) is 1.83. The fourth-order valence-corrected chi connectivity index (χ4v) is 3.42. The van der Waals surface area contributed by atoms with E-state index in [0.717, 1.165) is 36.1 Å². The van der Waals surface area contributed by atoms with Crippen molar-refractivity contribution in [2.45, 2.75) is 31.8 Å². The van der Waals surface area contributed by atoms with Crippen LogP contribution >= 0.6 is 0 Å². The predicted octanol–water partition coefficient (Wildman–Crippen LogP) is 2.80. The highest BCUT2D eigenvalue weighted by Gasteiger charge is 2.30. The van der Waals surface area contributed by atoms with Crippen LogP contribution in [0.4, 0.5) is 4.79 Å². The maximum absolute atomic E-state index is 12.8. The Balaban J connectivity index is 1.48. The normalized spacial score (nSPS) is 17.1. The lowest BCUT2D eigenvalue weighted by Gasteiger charge is -2.34. The molecule has 3 heterocycles. The van der Waals surface area contributed by atoms with Crippen LogP contribution in [-0.2, 0) is 6.54 Å². The largest absolute Gasteiger partial charge is 0.481 e. The highest BCUT2D eigenvalue weighted by atomic mass is 16.5. The van der Waals surface area contributed by atoms with Gasteiger partial charge in [-0.15, -0.1) is 0 Å². The molecule has 1 aliphatic heterocycles. The van der Waals surface area contributed by atoms with E-state index in [0.29, 0.717) is 18.2 Å². The number of hydrogen-bond donors (Lipinski definition) is 2. The van der Waals surface area contributed by atoms with Gasteiger partial charge in [0.05, 0.1) is 30.7 Å². The first-order chi connectivity index (χ1) is 13.2. The number of H-pyrrole nitrogens is 1. The van der Waals surface area contributed by atoms with Crippen molar-refractivity contribution in [1.82, 2.24) is 30.2 Å². The summed E-state index contributed by atoms with van der Waals surface area (Å²) in [7, 11) is 1.55. The van der Waals surface area contributed by atoms with E-state index < -0.39 is 0 Å². The van der Waals surface area contributed by atoms with Gasteiger partial charge in [0.15, 0.2) is 5.82 Å². The summed E-state index contributed by atoms with van der Waals surface area (Å²) in [5, 5.41) is 2.92. The average molecular weight is 366 g/mol. The van der Waals surface area contributed by atoms with Gasteiger partial charge in [-0.2, -0.15) is 4.98 Å². The Kier molecular flexibility index (Phi) is 4.86. The number of hydrogen-bond acceptors (Lipinski definition) is 5. The Hall–Kier alpha value is -3.16. The van der Waals surface area contributed by atoms with Gasteiger partial charge in [0.1, 0.15) is 5.82 Å². The molecule has 0 aliphatic carbocycles. The number of methoxy groups -OCH3 is 1. The van der Waals surface area contributed by atoms with Crippen molar-refractivity contribution in [2.24, 2.45) is 0 Å². The van der Waals surface area contributed by atoms with Gasteiger partial charge in [0, 0.05) is 18.8 Å². The molecule has 1 aliphatic rings. The highest BCUT2D eigenvalue weighted by Crippen LogP contribution is 2.30. The van der Waals surface area contributed by atoms with E-state index in [1.807, 2.05) is 29.2 Å². The van der Waals surface area contributed by atoms with Crippen LogP contribution in [-0.4, -0.2) is 44.5 Å². The Bertz CT molecular complexity index is 908. The summed E-state index contributed by atoms with van der Waals surface area (Å²) in [6, 6.07) is 9.40. The number of benzene rings is 1. The van der Waals surface area contributed by atoms with Gasteiger partial charge in [0.25, 0.3) is 0 Å². The number of nitrogens with one attached hydrogen (secondary N) is 2. The van der Waals surface area contributed by atoms with Gasteiger partial charge in [-0.3, -0.25) is 0 Å². The number of likely N-dealkylation sites (tertiary alicyclic amines) is 1. The quantitative estimate of drug-likeness (QED) is 0.740. The number of ether oxygens (including phenoxy) is 1. The molecule has 2 aromatic heterocycles. The lowest BCUT2D eigenvalue weighted by Crippen LogP contribution is -2.44. The zero-order chi connectivity index (χ0) is 18.6. The number of para-hydroxylation sites is 2. The van der Waals surface area contributed by atoms with Crippen LogP contribution in [0.2, 0.25) is 0 Å². The molecule has 0 radical (unpaired) electrons. The molecular weight excluding hydrogens is 344 g/mol. The molecule has 3 aromatic rings. The monoisotopic (exact) mass is 366 g/mol. The second-order valence-corrected chi connectivity index (χ2v) is 6.52. The molecule has 140 valence electrons. The van der Waals surface area contributed by atoms with Crippen molar-refractivity contribution < 1.29 is 9.53 Å². The third-order valence-corrected chi connectivity index (χ3v) is 4.77. The number of aromatic amines is 1. The summed E-state index contributed by atoms with van der Waals surface area (Å²) < 4.78 is 5.10. The van der Waals surface area contributed by atoms with Crippen LogP contribution in [0.15, 0.2) is 36.5 Å². The molecule has 8 heteroatoms. The lowest BCUT2D eigenvalue weighted by atomic mass is 10.0. The Morgan fingerprint density at radius 2 is 2.19 bits per heavy atom. The van der Waals surface area contributed by atoms with Gasteiger partial charge in [-0.1, -0.05) is 12.1 Å². The van der Waals surface area contributed by atoms with Gasteiger partial charge in [0.2, 0.25) is 5.88 Å². The maximum Gasteiger partial charge on any atom is 0.318 e. The van der Waals surface area contributed by atoms with Gasteiger partial charge in [-0.25, -0.2) is 14.8 Å². The summed E-state index contributed by atoms with van der Waals surface area (Å²) >= 11 is 0. The van der Waals surface area contributed by atoms with Crippen molar-refractivity contribution in [3.8, 4) is 5.88 Å². The topological polar surface area (TPSA) is 96.0 Å². The fourth-order valence-electron chi connectivity index (χ4n) is 3.42. The molecule has 0 spiro atoms. The SMILES string of the molecule is COc1ccnc(CNC(=O)N2CCCCC2c2nc3ccccc3[nH]2)n1. The minimum absolute atomic E-state index is 0.0580. The maximum atomic E-state index is 12.8. The number of urea groups is 1. The molecule has 2 N–H and O–H groups in total. The Morgan fingerprint density at radius 1 is 1.30 bits per heavy atom. The number of aromatic nitrogens is 4. The molecule has 1 aromatic carbocycles. The van der Waals surface area contributed by atoms with Crippen molar-refractivity contribution in [3.63, 3.8) is 0 Å². The molecule has 1 saturated heterocycles. The van der Waals surface area contributed by atoms with Gasteiger partial charge >= 0.3 is 6.03 Å². The zero-order valence-electron chi connectivity index (χ0n) is 15.2. The lowest BCUT2D eigenvalue weighted by molar-refractivity contribution is 0.147. The molecule has 27 heavy (non-hydrogen) atoms. The minimum Gasteiger partial charge on any atom is -0.481 e. The van der Waals surface area contributed by atoms with Crippen LogP contribution in [0.3, 0.4) is 0 Å². The van der Waals surface area contributed by atoms with E-state index in [2.05, 4.69) is 20.3 Å². The number of carbonyl (C=O) groups excluding carboxylic acids is 1. The number of nitrogens with zero attached hydrogens (tertiary/aromatic N) is 4. The first-order valence-electron chi connectivity index (χ1n) is 9.09. The second-order valence-electron chi connectivity index (χ2n) is 6.52. The molecule has 1 unspecified atom stereocenters. The van der Waals surface area contributed by atoms with Gasteiger partial charge < -0.3 is 19.9 Å². The molecule has 0 saturated carbocycles. The van der Waals surface area contributed by atoms with Crippen LogP contribution in [0.1, 0.15) is 37.0 Å². The molecule has 1 fully saturated rings. The number of imidazole rings is 1. The number of carbonyl (C=O) groups is 1. The first-order valence-corrected chi connectivity index (χ1v) is 9.09. The number of piperidine rings is 1. The molecule has 0 bridgehead atoms. The van der Waals surface area contributed by atoms with Gasteiger partial charge in [-0.05, 0) is 31.4 Å². The Labute approximate surface area is 157 Å². The average Bonchev–Trinajstić information content (AvgIpc) is 3.16. The number of amides is 2. The number of fused-ring (bicyclic) bond motifs is 1. The summed E-state index contributed by atoms with van der Waals surface area (Å²) in [5.41, 5.74) is 1.91. The van der Waals surface area contributed by atoms with E-state index in [1.54, 1.807) is 19.4 Å². The van der Waals surface area contributed by atoms with Crippen molar-refractivity contribution in [2.75, 3.05) is 13.7 Å². The van der Waals surface area contributed by atoms with E-state index in [1.165, 1.54) is 0 Å². The molecule has 8 nitrogen and oxygen atoms in total. The fraction of sp³-hybridized carbons (Fsp3) is 0.368. The van der Waals surface area contributed by atoms with Crippen molar-refractivity contribution >= 4 is 17.1 Å². The van der Waals surface area contributed by atoms with Crippen molar-refractivity contribution in [1.29, 1.82) is 0 Å². The van der Waals surface area contributed by atoms with Crippen LogP contribution in [0, 0.1) is 0 Å². The number of rotatable bonds is 4. The zero-order valence-corrected chi connectivity index (χ0v) is 15.2. The Morgan fingerprint density at radius 3 is 3.04 bits per heavy atom. The highest BCUT2D eigenvalue weighted by molar-refractivity contribution is 5.76. The van der Waals surface area contributed by atoms with Crippen LogP contribution in [0.25, 0.3) is 11.0 Å². The van der Waals surface area contributed by atoms with E-state index >= 15 is 0 Å². The molecule has 2 amide bonds. The summed E-state index contributed by atoms with van der Waals surface area (Å²) in [4.78, 5) is 31.1. The standard InChI is InChI=1S/C19H22N6O2/c1-27-17-9-10-20-16(24-17)12-21-19(26)25-11-5-4-8-15(25)18-22-13-6-2-3-7-14(13)23-18/h2-3,6-7,9-10,15H,4-5,8,11-12H2,1H3,(H,21,26)(H,22,23). The van der Waals surface area contributed by atoms with E-state index in [-0.39, 0.29) is 18.6 Å².